The van der Waals surface area contributed by atoms with Crippen molar-refractivity contribution in [1.82, 2.24) is 5.32 Å². The zero-order chi connectivity index (χ0) is 15.2. The van der Waals surface area contributed by atoms with Gasteiger partial charge in [-0.15, -0.1) is 11.3 Å². The van der Waals surface area contributed by atoms with Gasteiger partial charge in [-0.25, -0.2) is 0 Å². The minimum Gasteiger partial charge on any atom is -0.481 e. The molecule has 1 amide bonds. The van der Waals surface area contributed by atoms with E-state index in [1.54, 1.807) is 11.3 Å². The molecular formula is C15H21NO4S. The second kappa shape index (κ2) is 7.56. The Bertz CT molecular complexity index is 488. The number of hydrogen-bond donors (Lipinski definition) is 2. The van der Waals surface area contributed by atoms with E-state index in [2.05, 4.69) is 5.32 Å². The van der Waals surface area contributed by atoms with E-state index in [1.165, 1.54) is 36.8 Å². The van der Waals surface area contributed by atoms with Crippen LogP contribution >= 0.6 is 11.3 Å². The van der Waals surface area contributed by atoms with Gasteiger partial charge in [-0.2, -0.15) is 0 Å². The third-order valence-electron chi connectivity index (χ3n) is 3.70. The summed E-state index contributed by atoms with van der Waals surface area (Å²) >= 11 is 1.56. The van der Waals surface area contributed by atoms with Crippen molar-refractivity contribution in [3.63, 3.8) is 0 Å². The Morgan fingerprint density at radius 1 is 1.38 bits per heavy atom. The number of ether oxygens (including phenoxy) is 1. The maximum atomic E-state index is 12.2. The number of fused-ring (bicyclic) bond motifs is 1. The minimum absolute atomic E-state index is 0.113. The van der Waals surface area contributed by atoms with Crippen LogP contribution in [0, 0.1) is 0 Å². The Balaban J connectivity index is 1.92. The van der Waals surface area contributed by atoms with E-state index >= 15 is 0 Å². The normalized spacial score (nSPS) is 15.9. The number of carboxylic acid groups (broad SMARTS) is 1. The van der Waals surface area contributed by atoms with E-state index in [-0.39, 0.29) is 18.9 Å². The second-order valence-corrected chi connectivity index (χ2v) is 6.42. The molecular weight excluding hydrogens is 290 g/mol. The summed E-state index contributed by atoms with van der Waals surface area (Å²) in [6, 6.07) is 1.99. The van der Waals surface area contributed by atoms with Gasteiger partial charge in [0.05, 0.1) is 17.4 Å². The number of carbonyl (C=O) groups excluding carboxylic acids is 1. The van der Waals surface area contributed by atoms with Crippen LogP contribution in [0.25, 0.3) is 0 Å². The van der Waals surface area contributed by atoms with E-state index < -0.39 is 12.1 Å². The third kappa shape index (κ3) is 4.54. The van der Waals surface area contributed by atoms with Gasteiger partial charge in [-0.3, -0.25) is 9.59 Å². The zero-order valence-corrected chi connectivity index (χ0v) is 13.0. The van der Waals surface area contributed by atoms with Gasteiger partial charge < -0.3 is 15.2 Å². The van der Waals surface area contributed by atoms with Crippen LogP contribution in [-0.2, 0) is 22.4 Å². The average Bonchev–Trinajstić information content (AvgIpc) is 2.74. The fourth-order valence-corrected chi connectivity index (χ4v) is 3.68. The Hall–Kier alpha value is -1.40. The Morgan fingerprint density at radius 3 is 2.86 bits per heavy atom. The summed E-state index contributed by atoms with van der Waals surface area (Å²) in [5.41, 5.74) is 1.30. The van der Waals surface area contributed by atoms with Crippen molar-refractivity contribution < 1.29 is 19.4 Å². The van der Waals surface area contributed by atoms with Crippen LogP contribution in [0.3, 0.4) is 0 Å². The lowest BCUT2D eigenvalue weighted by Gasteiger charge is -2.13. The van der Waals surface area contributed by atoms with Crippen molar-refractivity contribution in [1.29, 1.82) is 0 Å². The Morgan fingerprint density at radius 2 is 2.14 bits per heavy atom. The first-order valence-corrected chi connectivity index (χ1v) is 8.06. The Kier molecular flexibility index (Phi) is 5.76. The van der Waals surface area contributed by atoms with Gasteiger partial charge in [0.2, 0.25) is 0 Å². The molecule has 1 aromatic rings. The standard InChI is InChI=1S/C15H21NO4S/c1-20-11(8-14(17)18)9-16-15(19)13-7-10-5-3-2-4-6-12(10)21-13/h7,11H,2-6,8-9H2,1H3,(H,16,19)(H,17,18). The van der Waals surface area contributed by atoms with Crippen LogP contribution in [0.4, 0.5) is 0 Å². The number of hydrogen-bond acceptors (Lipinski definition) is 4. The molecule has 5 nitrogen and oxygen atoms in total. The number of rotatable bonds is 6. The maximum absolute atomic E-state index is 12.2. The van der Waals surface area contributed by atoms with Crippen molar-refractivity contribution in [2.75, 3.05) is 13.7 Å². The number of thiophene rings is 1. The Labute approximate surface area is 128 Å². The van der Waals surface area contributed by atoms with Gasteiger partial charge in [-0.05, 0) is 37.3 Å². The predicted octanol–water partition coefficient (Wildman–Crippen LogP) is 2.24. The molecule has 0 aromatic carbocycles. The van der Waals surface area contributed by atoms with E-state index in [1.807, 2.05) is 6.07 Å². The molecule has 1 aliphatic carbocycles. The van der Waals surface area contributed by atoms with Crippen LogP contribution in [-0.4, -0.2) is 36.7 Å². The molecule has 1 atom stereocenters. The van der Waals surface area contributed by atoms with E-state index in [9.17, 15) is 9.59 Å². The average molecular weight is 311 g/mol. The highest BCUT2D eigenvalue weighted by Crippen LogP contribution is 2.28. The highest BCUT2D eigenvalue weighted by molar-refractivity contribution is 7.14. The van der Waals surface area contributed by atoms with Crippen molar-refractivity contribution in [3.8, 4) is 0 Å². The van der Waals surface area contributed by atoms with Gasteiger partial charge >= 0.3 is 5.97 Å². The van der Waals surface area contributed by atoms with Crippen LogP contribution in [0.2, 0.25) is 0 Å². The second-order valence-electron chi connectivity index (χ2n) is 5.29. The number of aliphatic carboxylic acids is 1. The van der Waals surface area contributed by atoms with Crippen molar-refractivity contribution in [2.24, 2.45) is 0 Å². The summed E-state index contributed by atoms with van der Waals surface area (Å²) in [7, 11) is 1.45. The molecule has 2 N–H and O–H groups in total. The number of aryl methyl sites for hydroxylation is 2. The van der Waals surface area contributed by atoms with E-state index in [4.69, 9.17) is 9.84 Å². The molecule has 1 heterocycles. The highest BCUT2D eigenvalue weighted by Gasteiger charge is 2.18. The van der Waals surface area contributed by atoms with Crippen LogP contribution < -0.4 is 5.32 Å². The quantitative estimate of drug-likeness (QED) is 0.790. The zero-order valence-electron chi connectivity index (χ0n) is 12.2. The molecule has 0 aliphatic heterocycles. The molecule has 21 heavy (non-hydrogen) atoms. The van der Waals surface area contributed by atoms with Gasteiger partial charge in [0, 0.05) is 18.5 Å². The van der Waals surface area contributed by atoms with Crippen molar-refractivity contribution in [2.45, 2.75) is 44.6 Å². The number of nitrogens with one attached hydrogen (secondary N) is 1. The number of carbonyl (C=O) groups is 2. The topological polar surface area (TPSA) is 75.6 Å². The summed E-state index contributed by atoms with van der Waals surface area (Å²) in [6.45, 7) is 0.213. The fraction of sp³-hybridized carbons (Fsp3) is 0.600. The molecule has 0 radical (unpaired) electrons. The van der Waals surface area contributed by atoms with Crippen LogP contribution in [0.15, 0.2) is 6.07 Å². The molecule has 1 aliphatic rings. The highest BCUT2D eigenvalue weighted by atomic mass is 32.1. The summed E-state index contributed by atoms with van der Waals surface area (Å²) in [4.78, 5) is 24.8. The SMILES string of the molecule is COC(CNC(=O)c1cc2c(s1)CCCCC2)CC(=O)O. The maximum Gasteiger partial charge on any atom is 0.306 e. The molecule has 0 bridgehead atoms. The first kappa shape index (κ1) is 16.0. The number of amides is 1. The lowest BCUT2D eigenvalue weighted by atomic mass is 10.1. The van der Waals surface area contributed by atoms with Gasteiger partial charge in [0.25, 0.3) is 5.91 Å². The van der Waals surface area contributed by atoms with Crippen molar-refractivity contribution in [3.05, 3.63) is 21.4 Å². The summed E-state index contributed by atoms with van der Waals surface area (Å²) in [5, 5.41) is 11.5. The largest absolute Gasteiger partial charge is 0.481 e. The summed E-state index contributed by atoms with van der Waals surface area (Å²) in [5.74, 6) is -1.07. The third-order valence-corrected chi connectivity index (χ3v) is 4.93. The lowest BCUT2D eigenvalue weighted by Crippen LogP contribution is -2.34. The fourth-order valence-electron chi connectivity index (χ4n) is 2.51. The first-order valence-electron chi connectivity index (χ1n) is 7.24. The number of methoxy groups -OCH3 is 1. The molecule has 0 fully saturated rings. The molecule has 116 valence electrons. The lowest BCUT2D eigenvalue weighted by molar-refractivity contribution is -0.139. The minimum atomic E-state index is -0.932. The molecule has 1 aromatic heterocycles. The predicted molar refractivity (Wildman–Crippen MR) is 81.0 cm³/mol. The molecule has 0 saturated carbocycles. The van der Waals surface area contributed by atoms with Gasteiger partial charge in [0.1, 0.15) is 0 Å². The first-order chi connectivity index (χ1) is 10.1. The van der Waals surface area contributed by atoms with Gasteiger partial charge in [0.15, 0.2) is 0 Å². The van der Waals surface area contributed by atoms with Crippen LogP contribution in [0.5, 0.6) is 0 Å². The smallest absolute Gasteiger partial charge is 0.306 e. The summed E-state index contributed by atoms with van der Waals surface area (Å²) < 4.78 is 5.05. The van der Waals surface area contributed by atoms with Gasteiger partial charge in [-0.1, -0.05) is 6.42 Å². The number of carboxylic acids is 1. The van der Waals surface area contributed by atoms with Crippen molar-refractivity contribution >= 4 is 23.2 Å². The monoisotopic (exact) mass is 311 g/mol. The van der Waals surface area contributed by atoms with E-state index in [0.717, 1.165) is 12.8 Å². The molecule has 0 spiro atoms. The van der Waals surface area contributed by atoms with E-state index in [0.29, 0.717) is 4.88 Å². The summed E-state index contributed by atoms with van der Waals surface area (Å²) in [6.07, 6.45) is 5.15. The molecule has 6 heteroatoms. The van der Waals surface area contributed by atoms with Crippen LogP contribution in [0.1, 0.15) is 45.8 Å². The molecule has 2 rings (SSSR count). The molecule has 0 saturated heterocycles. The molecule has 1 unspecified atom stereocenters.